The SMILES string of the molecule is CCCCC(CC)COCC(O)CN(C)C. The Labute approximate surface area is 101 Å². The topological polar surface area (TPSA) is 32.7 Å². The molecular formula is C13H29NO2. The number of rotatable bonds is 10. The molecule has 0 spiro atoms. The lowest BCUT2D eigenvalue weighted by Crippen LogP contribution is -2.30. The predicted molar refractivity (Wildman–Crippen MR) is 68.7 cm³/mol. The average Bonchev–Trinajstić information content (AvgIpc) is 2.22. The molecule has 16 heavy (non-hydrogen) atoms. The Morgan fingerprint density at radius 2 is 1.88 bits per heavy atom. The van der Waals surface area contributed by atoms with Gasteiger partial charge >= 0.3 is 0 Å². The van der Waals surface area contributed by atoms with Gasteiger partial charge in [0.25, 0.3) is 0 Å². The van der Waals surface area contributed by atoms with Crippen molar-refractivity contribution in [3.05, 3.63) is 0 Å². The summed E-state index contributed by atoms with van der Waals surface area (Å²) in [5.74, 6) is 0.659. The minimum Gasteiger partial charge on any atom is -0.389 e. The van der Waals surface area contributed by atoms with Crippen LogP contribution in [-0.4, -0.2) is 50.0 Å². The van der Waals surface area contributed by atoms with Gasteiger partial charge < -0.3 is 14.7 Å². The van der Waals surface area contributed by atoms with Gasteiger partial charge in [0.15, 0.2) is 0 Å². The second-order valence-corrected chi connectivity index (χ2v) is 4.87. The number of hydrogen-bond donors (Lipinski definition) is 1. The molecule has 0 aromatic carbocycles. The number of unbranched alkanes of at least 4 members (excludes halogenated alkanes) is 1. The van der Waals surface area contributed by atoms with Crippen molar-refractivity contribution >= 4 is 0 Å². The van der Waals surface area contributed by atoms with Crippen molar-refractivity contribution < 1.29 is 9.84 Å². The van der Waals surface area contributed by atoms with Crippen molar-refractivity contribution in [1.29, 1.82) is 0 Å². The fraction of sp³-hybridized carbons (Fsp3) is 1.00. The molecule has 0 aliphatic rings. The molecule has 0 saturated heterocycles. The van der Waals surface area contributed by atoms with Crippen LogP contribution in [0.4, 0.5) is 0 Å². The average molecular weight is 231 g/mol. The van der Waals surface area contributed by atoms with Gasteiger partial charge in [-0.15, -0.1) is 0 Å². The molecule has 3 heteroatoms. The van der Waals surface area contributed by atoms with E-state index in [0.717, 1.165) is 6.61 Å². The van der Waals surface area contributed by atoms with Crippen LogP contribution in [0.3, 0.4) is 0 Å². The molecule has 0 radical (unpaired) electrons. The molecule has 0 fully saturated rings. The van der Waals surface area contributed by atoms with E-state index >= 15 is 0 Å². The molecule has 98 valence electrons. The predicted octanol–water partition coefficient (Wildman–Crippen LogP) is 2.14. The molecule has 0 rings (SSSR count). The fourth-order valence-corrected chi connectivity index (χ4v) is 1.74. The van der Waals surface area contributed by atoms with Gasteiger partial charge in [0.2, 0.25) is 0 Å². The van der Waals surface area contributed by atoms with E-state index in [4.69, 9.17) is 4.74 Å². The molecule has 2 unspecified atom stereocenters. The highest BCUT2D eigenvalue weighted by atomic mass is 16.5. The summed E-state index contributed by atoms with van der Waals surface area (Å²) in [5, 5.41) is 9.61. The van der Waals surface area contributed by atoms with Crippen LogP contribution in [0.5, 0.6) is 0 Å². The fourth-order valence-electron chi connectivity index (χ4n) is 1.74. The first-order valence-electron chi connectivity index (χ1n) is 6.50. The summed E-state index contributed by atoms with van der Waals surface area (Å²) in [6.07, 6.45) is 4.58. The Bertz CT molecular complexity index is 151. The van der Waals surface area contributed by atoms with Crippen molar-refractivity contribution in [2.45, 2.75) is 45.6 Å². The first-order valence-corrected chi connectivity index (χ1v) is 6.50. The van der Waals surface area contributed by atoms with E-state index < -0.39 is 0 Å². The second kappa shape index (κ2) is 10.1. The lowest BCUT2D eigenvalue weighted by molar-refractivity contribution is 0.00895. The third kappa shape index (κ3) is 9.13. The number of ether oxygens (including phenoxy) is 1. The summed E-state index contributed by atoms with van der Waals surface area (Å²) in [4.78, 5) is 1.97. The zero-order valence-electron chi connectivity index (χ0n) is 11.4. The standard InChI is InChI=1S/C13H29NO2/c1-5-7-8-12(6-2)10-16-11-13(15)9-14(3)4/h12-13,15H,5-11H2,1-4H3. The van der Waals surface area contributed by atoms with Gasteiger partial charge in [-0.1, -0.05) is 33.1 Å². The maximum atomic E-state index is 9.61. The van der Waals surface area contributed by atoms with Crippen LogP contribution < -0.4 is 0 Å². The highest BCUT2D eigenvalue weighted by Gasteiger charge is 2.09. The van der Waals surface area contributed by atoms with Crippen LogP contribution in [0.2, 0.25) is 0 Å². The molecule has 0 saturated carbocycles. The van der Waals surface area contributed by atoms with Gasteiger partial charge in [-0.05, 0) is 26.4 Å². The molecule has 3 nitrogen and oxygen atoms in total. The highest BCUT2D eigenvalue weighted by Crippen LogP contribution is 2.12. The lowest BCUT2D eigenvalue weighted by atomic mass is 10.0. The van der Waals surface area contributed by atoms with E-state index in [1.165, 1.54) is 25.7 Å². The summed E-state index contributed by atoms with van der Waals surface area (Å²) in [7, 11) is 3.92. The molecule has 2 atom stereocenters. The first-order chi connectivity index (χ1) is 7.60. The molecule has 0 aliphatic carbocycles. The van der Waals surface area contributed by atoms with E-state index in [0.29, 0.717) is 19.1 Å². The number of aliphatic hydroxyl groups excluding tert-OH is 1. The van der Waals surface area contributed by atoms with Gasteiger partial charge in [-0.25, -0.2) is 0 Å². The minimum atomic E-state index is -0.362. The van der Waals surface area contributed by atoms with Crippen LogP contribution in [0.1, 0.15) is 39.5 Å². The molecule has 1 N–H and O–H groups in total. The Kier molecular flexibility index (Phi) is 9.99. The Morgan fingerprint density at radius 1 is 1.19 bits per heavy atom. The van der Waals surface area contributed by atoms with Crippen molar-refractivity contribution in [1.82, 2.24) is 4.90 Å². The normalized spacial score (nSPS) is 15.4. The lowest BCUT2D eigenvalue weighted by Gasteiger charge is -2.18. The van der Waals surface area contributed by atoms with E-state index in [-0.39, 0.29) is 6.10 Å². The maximum absolute atomic E-state index is 9.61. The van der Waals surface area contributed by atoms with Crippen molar-refractivity contribution in [2.75, 3.05) is 33.9 Å². The summed E-state index contributed by atoms with van der Waals surface area (Å²) in [6, 6.07) is 0. The second-order valence-electron chi connectivity index (χ2n) is 4.87. The Hall–Kier alpha value is -0.120. The number of aliphatic hydroxyl groups is 1. The van der Waals surface area contributed by atoms with E-state index in [1.807, 2.05) is 19.0 Å². The third-order valence-corrected chi connectivity index (χ3v) is 2.78. The van der Waals surface area contributed by atoms with Crippen molar-refractivity contribution in [2.24, 2.45) is 5.92 Å². The monoisotopic (exact) mass is 231 g/mol. The molecular weight excluding hydrogens is 202 g/mol. The van der Waals surface area contributed by atoms with Gasteiger partial charge in [-0.3, -0.25) is 0 Å². The molecule has 0 aliphatic heterocycles. The van der Waals surface area contributed by atoms with Crippen molar-refractivity contribution in [3.63, 3.8) is 0 Å². The van der Waals surface area contributed by atoms with E-state index in [1.54, 1.807) is 0 Å². The van der Waals surface area contributed by atoms with Gasteiger partial charge in [0.05, 0.1) is 12.7 Å². The summed E-state index contributed by atoms with van der Waals surface area (Å²) < 4.78 is 5.57. The number of likely N-dealkylation sites (N-methyl/N-ethyl adjacent to an activating group) is 1. The molecule has 0 bridgehead atoms. The quantitative estimate of drug-likeness (QED) is 0.625. The van der Waals surface area contributed by atoms with E-state index in [2.05, 4.69) is 13.8 Å². The van der Waals surface area contributed by atoms with Crippen LogP contribution in [0.15, 0.2) is 0 Å². The molecule has 0 aromatic heterocycles. The van der Waals surface area contributed by atoms with Gasteiger partial charge in [0, 0.05) is 13.2 Å². The zero-order chi connectivity index (χ0) is 12.4. The van der Waals surface area contributed by atoms with Gasteiger partial charge in [-0.2, -0.15) is 0 Å². The number of nitrogens with zero attached hydrogens (tertiary/aromatic N) is 1. The molecule has 0 heterocycles. The molecule has 0 aromatic rings. The van der Waals surface area contributed by atoms with Gasteiger partial charge in [0.1, 0.15) is 0 Å². The maximum Gasteiger partial charge on any atom is 0.0899 e. The summed E-state index contributed by atoms with van der Waals surface area (Å²) in [5.41, 5.74) is 0. The minimum absolute atomic E-state index is 0.362. The zero-order valence-corrected chi connectivity index (χ0v) is 11.4. The summed E-state index contributed by atoms with van der Waals surface area (Å²) >= 11 is 0. The smallest absolute Gasteiger partial charge is 0.0899 e. The third-order valence-electron chi connectivity index (χ3n) is 2.78. The number of hydrogen-bond acceptors (Lipinski definition) is 3. The van der Waals surface area contributed by atoms with E-state index in [9.17, 15) is 5.11 Å². The van der Waals surface area contributed by atoms with Crippen LogP contribution >= 0.6 is 0 Å². The largest absolute Gasteiger partial charge is 0.389 e. The van der Waals surface area contributed by atoms with Crippen molar-refractivity contribution in [3.8, 4) is 0 Å². The van der Waals surface area contributed by atoms with Crippen LogP contribution in [-0.2, 0) is 4.74 Å². The highest BCUT2D eigenvalue weighted by molar-refractivity contribution is 4.60. The Morgan fingerprint density at radius 3 is 2.38 bits per heavy atom. The Balaban J connectivity index is 3.53. The summed E-state index contributed by atoms with van der Waals surface area (Å²) in [6.45, 7) is 6.35. The first kappa shape index (κ1) is 15.9. The van der Waals surface area contributed by atoms with Crippen LogP contribution in [0, 0.1) is 5.92 Å². The van der Waals surface area contributed by atoms with Crippen LogP contribution in [0.25, 0.3) is 0 Å². The molecule has 0 amide bonds.